The van der Waals surface area contributed by atoms with Crippen molar-refractivity contribution in [2.75, 3.05) is 26.4 Å². The molecule has 0 aliphatic carbocycles. The smallest absolute Gasteiger partial charge is 0.123 e. The van der Waals surface area contributed by atoms with Gasteiger partial charge in [0.2, 0.25) is 0 Å². The average Bonchev–Trinajstić information content (AvgIpc) is 2.54. The SMILES string of the molecule is Cc1cc(OC[C@@H](O)COC2CCOCC2)c(C(C)C)cc1Cl. The van der Waals surface area contributed by atoms with Crippen LogP contribution in [0.2, 0.25) is 5.02 Å². The molecule has 2 rings (SSSR count). The predicted octanol–water partition coefficient (Wildman–Crippen LogP) is 3.71. The summed E-state index contributed by atoms with van der Waals surface area (Å²) in [6, 6.07) is 3.88. The first-order valence-corrected chi connectivity index (χ1v) is 8.65. The van der Waals surface area contributed by atoms with Crippen LogP contribution >= 0.6 is 11.6 Å². The number of hydrogen-bond donors (Lipinski definition) is 1. The Bertz CT molecular complexity index is 498. The van der Waals surface area contributed by atoms with Crippen LogP contribution in [0.4, 0.5) is 0 Å². The van der Waals surface area contributed by atoms with E-state index < -0.39 is 6.10 Å². The van der Waals surface area contributed by atoms with Crippen LogP contribution in [-0.2, 0) is 9.47 Å². The van der Waals surface area contributed by atoms with Crippen molar-refractivity contribution in [3.05, 3.63) is 28.3 Å². The van der Waals surface area contributed by atoms with E-state index in [0.717, 1.165) is 48.0 Å². The second-order valence-corrected chi connectivity index (χ2v) is 6.81. The number of aliphatic hydroxyl groups excluding tert-OH is 1. The van der Waals surface area contributed by atoms with Crippen LogP contribution < -0.4 is 4.74 Å². The fourth-order valence-corrected chi connectivity index (χ4v) is 2.74. The highest BCUT2D eigenvalue weighted by Crippen LogP contribution is 2.32. The Morgan fingerprint density at radius 2 is 1.96 bits per heavy atom. The van der Waals surface area contributed by atoms with Crippen LogP contribution in [0.15, 0.2) is 12.1 Å². The van der Waals surface area contributed by atoms with Crippen molar-refractivity contribution in [1.29, 1.82) is 0 Å². The summed E-state index contributed by atoms with van der Waals surface area (Å²) in [5.74, 6) is 1.09. The maximum atomic E-state index is 10.1. The first kappa shape index (κ1) is 18.5. The van der Waals surface area contributed by atoms with Crippen molar-refractivity contribution in [3.63, 3.8) is 0 Å². The number of rotatable bonds is 7. The van der Waals surface area contributed by atoms with E-state index in [4.69, 9.17) is 25.8 Å². The molecule has 0 radical (unpaired) electrons. The Morgan fingerprint density at radius 1 is 1.26 bits per heavy atom. The molecular weight excluding hydrogens is 316 g/mol. The molecule has 23 heavy (non-hydrogen) atoms. The number of hydrogen-bond acceptors (Lipinski definition) is 4. The molecule has 1 saturated heterocycles. The zero-order chi connectivity index (χ0) is 16.8. The predicted molar refractivity (Wildman–Crippen MR) is 91.6 cm³/mol. The van der Waals surface area contributed by atoms with Gasteiger partial charge >= 0.3 is 0 Å². The minimum absolute atomic E-state index is 0.183. The van der Waals surface area contributed by atoms with Gasteiger partial charge in [-0.05, 0) is 48.9 Å². The number of aliphatic hydroxyl groups is 1. The van der Waals surface area contributed by atoms with Gasteiger partial charge in [-0.1, -0.05) is 25.4 Å². The van der Waals surface area contributed by atoms with Crippen molar-refractivity contribution in [1.82, 2.24) is 0 Å². The first-order valence-electron chi connectivity index (χ1n) is 8.27. The maximum Gasteiger partial charge on any atom is 0.123 e. The van der Waals surface area contributed by atoms with E-state index in [0.29, 0.717) is 5.92 Å². The van der Waals surface area contributed by atoms with E-state index in [2.05, 4.69) is 13.8 Å². The lowest BCUT2D eigenvalue weighted by Crippen LogP contribution is -2.30. The third-order valence-electron chi connectivity index (χ3n) is 4.04. The highest BCUT2D eigenvalue weighted by molar-refractivity contribution is 6.31. The van der Waals surface area contributed by atoms with E-state index >= 15 is 0 Å². The molecule has 4 nitrogen and oxygen atoms in total. The molecule has 1 aromatic carbocycles. The minimum atomic E-state index is -0.645. The lowest BCUT2D eigenvalue weighted by Gasteiger charge is -2.24. The van der Waals surface area contributed by atoms with Gasteiger partial charge < -0.3 is 19.3 Å². The third-order valence-corrected chi connectivity index (χ3v) is 4.44. The Morgan fingerprint density at radius 3 is 2.61 bits per heavy atom. The monoisotopic (exact) mass is 342 g/mol. The van der Waals surface area contributed by atoms with Crippen molar-refractivity contribution >= 4 is 11.6 Å². The zero-order valence-corrected chi connectivity index (χ0v) is 14.9. The summed E-state index contributed by atoms with van der Waals surface area (Å²) in [6.07, 6.45) is 1.32. The minimum Gasteiger partial charge on any atom is -0.490 e. The lowest BCUT2D eigenvalue weighted by atomic mass is 10.0. The van der Waals surface area contributed by atoms with Crippen molar-refractivity contribution in [2.45, 2.75) is 51.7 Å². The van der Waals surface area contributed by atoms with Crippen molar-refractivity contribution < 1.29 is 19.3 Å². The van der Waals surface area contributed by atoms with Crippen LogP contribution in [0.3, 0.4) is 0 Å². The Labute approximate surface area is 143 Å². The summed E-state index contributed by atoms with van der Waals surface area (Å²) >= 11 is 6.19. The molecule has 1 fully saturated rings. The van der Waals surface area contributed by atoms with Crippen LogP contribution in [0.1, 0.15) is 43.7 Å². The largest absolute Gasteiger partial charge is 0.490 e. The lowest BCUT2D eigenvalue weighted by molar-refractivity contribution is -0.0659. The van der Waals surface area contributed by atoms with Gasteiger partial charge in [-0.15, -0.1) is 0 Å². The normalized spacial score (nSPS) is 17.5. The molecule has 1 atom stereocenters. The second-order valence-electron chi connectivity index (χ2n) is 6.40. The number of aryl methyl sites for hydroxylation is 1. The van der Waals surface area contributed by atoms with Crippen LogP contribution in [0.25, 0.3) is 0 Å². The number of halogens is 1. The fourth-order valence-electron chi connectivity index (χ4n) is 2.57. The molecule has 1 aliphatic heterocycles. The quantitative estimate of drug-likeness (QED) is 0.820. The van der Waals surface area contributed by atoms with E-state index in [-0.39, 0.29) is 19.3 Å². The van der Waals surface area contributed by atoms with E-state index in [1.807, 2.05) is 19.1 Å². The molecular formula is C18H27ClO4. The maximum absolute atomic E-state index is 10.1. The second kappa shape index (κ2) is 8.88. The Hall–Kier alpha value is -0.810. The average molecular weight is 343 g/mol. The van der Waals surface area contributed by atoms with Gasteiger partial charge in [0, 0.05) is 18.2 Å². The molecule has 1 aliphatic rings. The number of ether oxygens (including phenoxy) is 3. The third kappa shape index (κ3) is 5.64. The molecule has 0 unspecified atom stereocenters. The Kier molecular flexibility index (Phi) is 7.15. The first-order chi connectivity index (χ1) is 11.0. The van der Waals surface area contributed by atoms with Crippen LogP contribution in [0.5, 0.6) is 5.75 Å². The van der Waals surface area contributed by atoms with Gasteiger partial charge in [-0.3, -0.25) is 0 Å². The summed E-state index contributed by atoms with van der Waals surface area (Å²) in [6.45, 7) is 8.11. The van der Waals surface area contributed by atoms with E-state index in [1.165, 1.54) is 0 Å². The highest BCUT2D eigenvalue weighted by Gasteiger charge is 2.17. The standard InChI is InChI=1S/C18H27ClO4/c1-12(2)16-9-17(19)13(3)8-18(16)23-11-14(20)10-22-15-4-6-21-7-5-15/h8-9,12,14-15,20H,4-7,10-11H2,1-3H3/t14-/m0/s1. The Balaban J connectivity index is 1.85. The van der Waals surface area contributed by atoms with Crippen LogP contribution in [-0.4, -0.2) is 43.7 Å². The van der Waals surface area contributed by atoms with E-state index in [1.54, 1.807) is 0 Å². The van der Waals surface area contributed by atoms with Gasteiger partial charge in [0.1, 0.15) is 18.5 Å². The van der Waals surface area contributed by atoms with Gasteiger partial charge in [-0.2, -0.15) is 0 Å². The fraction of sp³-hybridized carbons (Fsp3) is 0.667. The summed E-state index contributed by atoms with van der Waals surface area (Å²) in [7, 11) is 0. The van der Waals surface area contributed by atoms with Gasteiger partial charge in [-0.25, -0.2) is 0 Å². The molecule has 1 heterocycles. The van der Waals surface area contributed by atoms with Crippen LogP contribution in [0, 0.1) is 6.92 Å². The molecule has 0 spiro atoms. The molecule has 1 N–H and O–H groups in total. The molecule has 0 amide bonds. The topological polar surface area (TPSA) is 47.9 Å². The molecule has 130 valence electrons. The van der Waals surface area contributed by atoms with Gasteiger partial charge in [0.15, 0.2) is 0 Å². The molecule has 5 heteroatoms. The molecule has 0 bridgehead atoms. The highest BCUT2D eigenvalue weighted by atomic mass is 35.5. The van der Waals surface area contributed by atoms with Gasteiger partial charge in [0.25, 0.3) is 0 Å². The summed E-state index contributed by atoms with van der Waals surface area (Å²) in [5, 5.41) is 10.8. The zero-order valence-electron chi connectivity index (χ0n) is 14.2. The molecule has 1 aromatic rings. The van der Waals surface area contributed by atoms with Crippen molar-refractivity contribution in [3.8, 4) is 5.75 Å². The summed E-state index contributed by atoms with van der Waals surface area (Å²) in [4.78, 5) is 0. The summed E-state index contributed by atoms with van der Waals surface area (Å²) < 4.78 is 16.8. The summed E-state index contributed by atoms with van der Waals surface area (Å²) in [5.41, 5.74) is 2.03. The molecule has 0 aromatic heterocycles. The van der Waals surface area contributed by atoms with Crippen molar-refractivity contribution in [2.24, 2.45) is 0 Å². The van der Waals surface area contributed by atoms with E-state index in [9.17, 15) is 5.11 Å². The molecule has 0 saturated carbocycles. The van der Waals surface area contributed by atoms with Gasteiger partial charge in [0.05, 0.1) is 12.7 Å². The number of benzene rings is 1.